The van der Waals surface area contributed by atoms with E-state index in [1.807, 2.05) is 0 Å². The Hall–Kier alpha value is -3.69. The normalized spacial score (nSPS) is 11.4. The number of hydrogen-bond acceptors (Lipinski definition) is 5. The highest BCUT2D eigenvalue weighted by Gasteiger charge is 2.26. The maximum Gasteiger partial charge on any atom is 0.265 e. The van der Waals surface area contributed by atoms with Crippen molar-refractivity contribution in [2.75, 3.05) is 16.2 Å². The molecule has 0 aliphatic rings. The number of amides is 1. The van der Waals surface area contributed by atoms with Crippen LogP contribution in [0.5, 0.6) is 0 Å². The van der Waals surface area contributed by atoms with Gasteiger partial charge in [0.1, 0.15) is 11.4 Å². The van der Waals surface area contributed by atoms with Crippen LogP contribution in [-0.4, -0.2) is 30.7 Å². The molecule has 10 heteroatoms. The zero-order chi connectivity index (χ0) is 24.3. The Morgan fingerprint density at radius 1 is 1.06 bits per heavy atom. The smallest absolute Gasteiger partial charge is 0.265 e. The van der Waals surface area contributed by atoms with Gasteiger partial charge in [0, 0.05) is 17.6 Å². The van der Waals surface area contributed by atoms with E-state index >= 15 is 0 Å². The number of hydrogen-bond donors (Lipinski definition) is 1. The standard InChI is InChI=1S/C24H21ClN4O4S/c1-2-29(18-8-4-3-5-9-18)34(32,33)23-14-17(12-13-20(23)25)27-24(31)16-28-21-11-7-6-10-19(21)22(30)15-26-28/h3-15H,2,16H2,1H3,(H,27,31). The molecule has 1 amide bonds. The lowest BCUT2D eigenvalue weighted by atomic mass is 10.2. The zero-order valence-corrected chi connectivity index (χ0v) is 19.8. The van der Waals surface area contributed by atoms with Crippen LogP contribution in [0.2, 0.25) is 5.02 Å². The van der Waals surface area contributed by atoms with E-state index < -0.39 is 15.9 Å². The molecule has 1 N–H and O–H groups in total. The number of halogens is 1. The average molecular weight is 497 g/mol. The molecule has 0 unspecified atom stereocenters. The Morgan fingerprint density at radius 2 is 1.76 bits per heavy atom. The Labute approximate surface area is 201 Å². The largest absolute Gasteiger partial charge is 0.324 e. The molecule has 1 heterocycles. The molecule has 1 aromatic heterocycles. The van der Waals surface area contributed by atoms with Gasteiger partial charge in [0.15, 0.2) is 0 Å². The molecule has 4 aromatic rings. The molecular formula is C24H21ClN4O4S. The third-order valence-corrected chi connectivity index (χ3v) is 7.55. The molecule has 4 rings (SSSR count). The van der Waals surface area contributed by atoms with Crippen LogP contribution in [0.25, 0.3) is 10.9 Å². The van der Waals surface area contributed by atoms with Crippen molar-refractivity contribution >= 4 is 49.8 Å². The number of carbonyl (C=O) groups excluding carboxylic acids is 1. The maximum absolute atomic E-state index is 13.4. The van der Waals surface area contributed by atoms with Crippen molar-refractivity contribution < 1.29 is 13.2 Å². The van der Waals surface area contributed by atoms with Crippen molar-refractivity contribution in [2.45, 2.75) is 18.4 Å². The number of fused-ring (bicyclic) bond motifs is 1. The molecule has 0 saturated carbocycles. The van der Waals surface area contributed by atoms with Gasteiger partial charge < -0.3 is 5.32 Å². The van der Waals surface area contributed by atoms with E-state index in [1.54, 1.807) is 61.5 Å². The Kier molecular flexibility index (Phi) is 6.67. The highest BCUT2D eigenvalue weighted by molar-refractivity contribution is 7.93. The van der Waals surface area contributed by atoms with Crippen LogP contribution in [0.4, 0.5) is 11.4 Å². The van der Waals surface area contributed by atoms with Crippen LogP contribution in [0.15, 0.2) is 88.7 Å². The molecular weight excluding hydrogens is 476 g/mol. The van der Waals surface area contributed by atoms with Gasteiger partial charge in [-0.2, -0.15) is 5.10 Å². The molecule has 0 aliphatic carbocycles. The van der Waals surface area contributed by atoms with Crippen LogP contribution >= 0.6 is 11.6 Å². The van der Waals surface area contributed by atoms with Crippen LogP contribution in [0.3, 0.4) is 0 Å². The number of rotatable bonds is 7. The Morgan fingerprint density at radius 3 is 2.50 bits per heavy atom. The number of anilines is 2. The van der Waals surface area contributed by atoms with Crippen molar-refractivity contribution in [2.24, 2.45) is 0 Å². The van der Waals surface area contributed by atoms with Gasteiger partial charge in [0.25, 0.3) is 10.0 Å². The third-order valence-electron chi connectivity index (χ3n) is 5.17. The average Bonchev–Trinajstić information content (AvgIpc) is 2.83. The molecule has 0 saturated heterocycles. The van der Waals surface area contributed by atoms with E-state index in [4.69, 9.17) is 11.6 Å². The van der Waals surface area contributed by atoms with E-state index in [2.05, 4.69) is 10.4 Å². The highest BCUT2D eigenvalue weighted by Crippen LogP contribution is 2.30. The van der Waals surface area contributed by atoms with Gasteiger partial charge >= 0.3 is 0 Å². The summed E-state index contributed by atoms with van der Waals surface area (Å²) in [5, 5.41) is 7.22. The first-order chi connectivity index (χ1) is 16.3. The summed E-state index contributed by atoms with van der Waals surface area (Å²) in [6, 6.07) is 19.8. The van der Waals surface area contributed by atoms with Gasteiger partial charge in [-0.1, -0.05) is 41.9 Å². The maximum atomic E-state index is 13.4. The molecule has 174 valence electrons. The van der Waals surface area contributed by atoms with E-state index in [-0.39, 0.29) is 34.1 Å². The topological polar surface area (TPSA) is 101 Å². The zero-order valence-electron chi connectivity index (χ0n) is 18.2. The quantitative estimate of drug-likeness (QED) is 0.418. The Bertz CT molecular complexity index is 1520. The number of sulfonamides is 1. The fourth-order valence-electron chi connectivity index (χ4n) is 3.61. The molecule has 34 heavy (non-hydrogen) atoms. The second-order valence-electron chi connectivity index (χ2n) is 7.38. The minimum atomic E-state index is -3.99. The minimum absolute atomic E-state index is 0.0421. The lowest BCUT2D eigenvalue weighted by molar-refractivity contribution is -0.116. The first kappa shape index (κ1) is 23.5. The van der Waals surface area contributed by atoms with Crippen LogP contribution in [0.1, 0.15) is 6.92 Å². The van der Waals surface area contributed by atoms with Crippen LogP contribution in [-0.2, 0) is 21.4 Å². The molecule has 8 nitrogen and oxygen atoms in total. The van der Waals surface area contributed by atoms with Crippen molar-refractivity contribution in [3.8, 4) is 0 Å². The summed E-state index contributed by atoms with van der Waals surface area (Å²) in [6.07, 6.45) is 1.16. The summed E-state index contributed by atoms with van der Waals surface area (Å²) in [5.74, 6) is -0.442. The number of aromatic nitrogens is 2. The summed E-state index contributed by atoms with van der Waals surface area (Å²) in [6.45, 7) is 1.76. The Balaban J connectivity index is 1.61. The predicted octanol–water partition coefficient (Wildman–Crippen LogP) is 3.90. The fourth-order valence-corrected chi connectivity index (χ4v) is 5.58. The monoisotopic (exact) mass is 496 g/mol. The summed E-state index contributed by atoms with van der Waals surface area (Å²) >= 11 is 6.25. The minimum Gasteiger partial charge on any atom is -0.324 e. The molecule has 0 fully saturated rings. The van der Waals surface area contributed by atoms with Gasteiger partial charge in [0.05, 0.1) is 22.4 Å². The number of benzene rings is 3. The van der Waals surface area contributed by atoms with Gasteiger partial charge in [0.2, 0.25) is 11.3 Å². The van der Waals surface area contributed by atoms with Gasteiger partial charge in [-0.05, 0) is 49.4 Å². The first-order valence-electron chi connectivity index (χ1n) is 10.4. The molecule has 0 radical (unpaired) electrons. The number of nitrogens with zero attached hydrogens (tertiary/aromatic N) is 3. The number of carbonyl (C=O) groups is 1. The van der Waals surface area contributed by atoms with Crippen LogP contribution < -0.4 is 15.1 Å². The molecule has 0 bridgehead atoms. The lowest BCUT2D eigenvalue weighted by Gasteiger charge is -2.23. The van der Waals surface area contributed by atoms with Crippen molar-refractivity contribution in [3.05, 3.63) is 94.2 Å². The second-order valence-corrected chi connectivity index (χ2v) is 9.62. The van der Waals surface area contributed by atoms with Crippen molar-refractivity contribution in [1.29, 1.82) is 0 Å². The molecule has 0 spiro atoms. The molecule has 0 atom stereocenters. The van der Waals surface area contributed by atoms with Crippen LogP contribution in [0, 0.1) is 0 Å². The molecule has 0 aliphatic heterocycles. The third kappa shape index (κ3) is 4.66. The number of para-hydroxylation sites is 2. The van der Waals surface area contributed by atoms with E-state index in [0.29, 0.717) is 16.6 Å². The SMILES string of the molecule is CCN(c1ccccc1)S(=O)(=O)c1cc(NC(=O)Cn2ncc(=O)c3ccccc32)ccc1Cl. The van der Waals surface area contributed by atoms with E-state index in [0.717, 1.165) is 6.20 Å². The summed E-state index contributed by atoms with van der Waals surface area (Å²) in [4.78, 5) is 24.6. The summed E-state index contributed by atoms with van der Waals surface area (Å²) in [5.41, 5.74) is 1.05. The van der Waals surface area contributed by atoms with E-state index in [9.17, 15) is 18.0 Å². The van der Waals surface area contributed by atoms with Gasteiger partial charge in [-0.3, -0.25) is 18.6 Å². The van der Waals surface area contributed by atoms with Gasteiger partial charge in [-0.25, -0.2) is 8.42 Å². The highest BCUT2D eigenvalue weighted by atomic mass is 35.5. The predicted molar refractivity (Wildman–Crippen MR) is 133 cm³/mol. The fraction of sp³-hybridized carbons (Fsp3) is 0.125. The van der Waals surface area contributed by atoms with Gasteiger partial charge in [-0.15, -0.1) is 0 Å². The van der Waals surface area contributed by atoms with Crippen molar-refractivity contribution in [1.82, 2.24) is 9.78 Å². The van der Waals surface area contributed by atoms with E-state index in [1.165, 1.54) is 27.2 Å². The summed E-state index contributed by atoms with van der Waals surface area (Å²) < 4.78 is 29.4. The lowest BCUT2D eigenvalue weighted by Crippen LogP contribution is -2.31. The van der Waals surface area contributed by atoms with Crippen molar-refractivity contribution in [3.63, 3.8) is 0 Å². The number of nitrogens with one attached hydrogen (secondary N) is 1. The second kappa shape index (κ2) is 9.66. The molecule has 3 aromatic carbocycles. The first-order valence-corrected chi connectivity index (χ1v) is 12.2. The summed E-state index contributed by atoms with van der Waals surface area (Å²) in [7, 11) is -3.99.